The normalized spacial score (nSPS) is 10.4. The highest BCUT2D eigenvalue weighted by Crippen LogP contribution is 2.20. The number of carboxylic acid groups (broad SMARTS) is 1. The van der Waals surface area contributed by atoms with Crippen molar-refractivity contribution in [2.75, 3.05) is 0 Å². The maximum Gasteiger partial charge on any atom is 0.366 e. The second kappa shape index (κ2) is 4.29. The molecule has 0 aliphatic rings. The largest absolute Gasteiger partial charge is 0.476 e. The van der Waals surface area contributed by atoms with Crippen LogP contribution in [-0.4, -0.2) is 15.8 Å². The van der Waals surface area contributed by atoms with Crippen molar-refractivity contribution in [2.24, 2.45) is 0 Å². The minimum atomic E-state index is -1.17. The zero-order valence-corrected chi connectivity index (χ0v) is 9.21. The summed E-state index contributed by atoms with van der Waals surface area (Å²) >= 11 is 0. The molecule has 1 aromatic carbocycles. The molecular weight excluding hydrogens is 222 g/mol. The minimum absolute atomic E-state index is 0.0972. The van der Waals surface area contributed by atoms with Gasteiger partial charge in [0.1, 0.15) is 5.56 Å². The average molecular weight is 233 g/mol. The van der Waals surface area contributed by atoms with E-state index in [1.807, 2.05) is 0 Å². The summed E-state index contributed by atoms with van der Waals surface area (Å²) in [5, 5.41) is 9.13. The van der Waals surface area contributed by atoms with Gasteiger partial charge in [-0.2, -0.15) is 4.74 Å². The van der Waals surface area contributed by atoms with Gasteiger partial charge < -0.3 is 9.63 Å². The van der Waals surface area contributed by atoms with Crippen molar-refractivity contribution in [3.63, 3.8) is 0 Å². The van der Waals surface area contributed by atoms with E-state index in [0.717, 1.165) is 4.74 Å². The van der Waals surface area contributed by atoms with Gasteiger partial charge in [0, 0.05) is 0 Å². The molecule has 0 saturated heterocycles. The molecule has 5 heteroatoms. The van der Waals surface area contributed by atoms with Gasteiger partial charge in [-0.25, -0.2) is 9.59 Å². The van der Waals surface area contributed by atoms with Crippen LogP contribution in [0.5, 0.6) is 0 Å². The van der Waals surface area contributed by atoms with Crippen molar-refractivity contribution in [3.8, 4) is 11.1 Å². The third-order valence-corrected chi connectivity index (χ3v) is 2.44. The fourth-order valence-electron chi connectivity index (χ4n) is 1.71. The molecule has 1 heterocycles. The lowest BCUT2D eigenvalue weighted by Gasteiger charge is -2.00. The molecule has 88 valence electrons. The Balaban J connectivity index is 2.73. The molecule has 0 aliphatic heterocycles. The second-order valence-electron chi connectivity index (χ2n) is 3.47. The van der Waals surface area contributed by atoms with Gasteiger partial charge in [0.15, 0.2) is 5.69 Å². The third-order valence-electron chi connectivity index (χ3n) is 2.44. The summed E-state index contributed by atoms with van der Waals surface area (Å²) in [6, 6.07) is 8.63. The number of aromatic carboxylic acids is 1. The fourth-order valence-corrected chi connectivity index (χ4v) is 1.71. The van der Waals surface area contributed by atoms with Gasteiger partial charge in [0.2, 0.25) is 0 Å². The van der Waals surface area contributed by atoms with Crippen LogP contribution in [0.3, 0.4) is 0 Å². The summed E-state index contributed by atoms with van der Waals surface area (Å²) in [5.74, 6) is -1.17. The molecule has 0 unspecified atom stereocenters. The Hall–Kier alpha value is -2.30. The van der Waals surface area contributed by atoms with Crippen LogP contribution in [0.1, 0.15) is 17.4 Å². The van der Waals surface area contributed by atoms with E-state index in [-0.39, 0.29) is 11.3 Å². The van der Waals surface area contributed by atoms with E-state index in [0.29, 0.717) is 12.1 Å². The number of hydrogen-bond donors (Lipinski definition) is 1. The van der Waals surface area contributed by atoms with Crippen LogP contribution in [0.4, 0.5) is 0 Å². The van der Waals surface area contributed by atoms with Gasteiger partial charge in [-0.15, -0.1) is 0 Å². The molecule has 0 bridgehead atoms. The molecule has 5 nitrogen and oxygen atoms in total. The van der Waals surface area contributed by atoms with Crippen LogP contribution in [0.15, 0.2) is 39.6 Å². The maximum atomic E-state index is 11.7. The van der Waals surface area contributed by atoms with E-state index in [1.165, 1.54) is 0 Å². The van der Waals surface area contributed by atoms with Crippen molar-refractivity contribution in [2.45, 2.75) is 13.5 Å². The Morgan fingerprint density at radius 1 is 1.35 bits per heavy atom. The second-order valence-corrected chi connectivity index (χ2v) is 3.47. The molecule has 2 rings (SSSR count). The van der Waals surface area contributed by atoms with Crippen LogP contribution in [-0.2, 0) is 6.54 Å². The molecule has 0 spiro atoms. The van der Waals surface area contributed by atoms with Crippen LogP contribution in [0.25, 0.3) is 11.1 Å². The first-order valence-electron chi connectivity index (χ1n) is 5.18. The van der Waals surface area contributed by atoms with Gasteiger partial charge >= 0.3 is 11.6 Å². The van der Waals surface area contributed by atoms with Crippen LogP contribution in [0.2, 0.25) is 0 Å². The van der Waals surface area contributed by atoms with E-state index in [1.54, 1.807) is 37.3 Å². The molecule has 0 fully saturated rings. The maximum absolute atomic E-state index is 11.7. The minimum Gasteiger partial charge on any atom is -0.476 e. The van der Waals surface area contributed by atoms with Crippen LogP contribution in [0, 0.1) is 0 Å². The molecule has 2 aromatic rings. The molecular formula is C12H11NO4. The van der Waals surface area contributed by atoms with Gasteiger partial charge in [-0.1, -0.05) is 30.3 Å². The molecule has 0 atom stereocenters. The quantitative estimate of drug-likeness (QED) is 0.877. The summed E-state index contributed by atoms with van der Waals surface area (Å²) in [5.41, 5.74) is -0.0926. The Labute approximate surface area is 96.9 Å². The summed E-state index contributed by atoms with van der Waals surface area (Å²) in [4.78, 5) is 22.8. The molecule has 0 aliphatic carbocycles. The summed E-state index contributed by atoms with van der Waals surface area (Å²) in [6.45, 7) is 2.01. The lowest BCUT2D eigenvalue weighted by molar-refractivity contribution is 0.0669. The van der Waals surface area contributed by atoms with Crippen LogP contribution >= 0.6 is 0 Å². The van der Waals surface area contributed by atoms with Crippen LogP contribution < -0.4 is 5.63 Å². The predicted octanol–water partition coefficient (Wildman–Crippen LogP) is 1.83. The molecule has 0 radical (unpaired) electrons. The number of carbonyl (C=O) groups is 1. The smallest absolute Gasteiger partial charge is 0.366 e. The third kappa shape index (κ3) is 1.87. The standard InChI is InChI=1S/C12H11NO4/c1-2-13-10(11(14)15)9(12(16)17-13)8-6-4-3-5-7-8/h3-7H,2H2,1H3,(H,14,15). The number of rotatable bonds is 3. The molecule has 0 saturated carbocycles. The average Bonchev–Trinajstić information content (AvgIpc) is 2.67. The Bertz CT molecular complexity index is 595. The first kappa shape index (κ1) is 11.2. The Morgan fingerprint density at radius 2 is 2.00 bits per heavy atom. The van der Waals surface area contributed by atoms with E-state index in [9.17, 15) is 9.59 Å². The zero-order valence-electron chi connectivity index (χ0n) is 9.21. The monoisotopic (exact) mass is 233 g/mol. The number of aryl methyl sites for hydroxylation is 1. The molecule has 17 heavy (non-hydrogen) atoms. The zero-order chi connectivity index (χ0) is 12.4. The highest BCUT2D eigenvalue weighted by molar-refractivity contribution is 5.93. The van der Waals surface area contributed by atoms with Crippen molar-refractivity contribution in [3.05, 3.63) is 46.4 Å². The summed E-state index contributed by atoms with van der Waals surface area (Å²) in [6.07, 6.45) is 0. The van der Waals surface area contributed by atoms with Crippen molar-refractivity contribution < 1.29 is 14.4 Å². The van der Waals surface area contributed by atoms with Crippen molar-refractivity contribution in [1.82, 2.24) is 4.74 Å². The summed E-state index contributed by atoms with van der Waals surface area (Å²) < 4.78 is 5.98. The van der Waals surface area contributed by atoms with E-state index in [2.05, 4.69) is 0 Å². The van der Waals surface area contributed by atoms with Crippen molar-refractivity contribution in [1.29, 1.82) is 0 Å². The van der Waals surface area contributed by atoms with Gasteiger partial charge in [-0.3, -0.25) is 0 Å². The SMILES string of the molecule is CCn1oc(=O)c(-c2ccccc2)c1C(=O)O. The Kier molecular flexibility index (Phi) is 2.82. The fraction of sp³-hybridized carbons (Fsp3) is 0.167. The van der Waals surface area contributed by atoms with E-state index < -0.39 is 11.6 Å². The lowest BCUT2D eigenvalue weighted by atomic mass is 10.1. The number of hydrogen-bond acceptors (Lipinski definition) is 3. The highest BCUT2D eigenvalue weighted by Gasteiger charge is 2.23. The number of nitrogens with zero attached hydrogens (tertiary/aromatic N) is 1. The van der Waals surface area contributed by atoms with Gasteiger partial charge in [0.25, 0.3) is 0 Å². The molecule has 1 aromatic heterocycles. The van der Waals surface area contributed by atoms with Gasteiger partial charge in [-0.05, 0) is 12.5 Å². The Morgan fingerprint density at radius 3 is 2.53 bits per heavy atom. The summed E-state index contributed by atoms with van der Waals surface area (Å²) in [7, 11) is 0. The van der Waals surface area contributed by atoms with E-state index in [4.69, 9.17) is 9.63 Å². The predicted molar refractivity (Wildman–Crippen MR) is 61.0 cm³/mol. The first-order chi connectivity index (χ1) is 8.15. The van der Waals surface area contributed by atoms with Crippen molar-refractivity contribution >= 4 is 5.97 Å². The van der Waals surface area contributed by atoms with Gasteiger partial charge in [0.05, 0.1) is 6.54 Å². The first-order valence-corrected chi connectivity index (χ1v) is 5.18. The highest BCUT2D eigenvalue weighted by atomic mass is 16.5. The number of benzene rings is 1. The number of carboxylic acids is 1. The topological polar surface area (TPSA) is 72.4 Å². The number of aromatic nitrogens is 1. The molecule has 0 amide bonds. The molecule has 1 N–H and O–H groups in total. The lowest BCUT2D eigenvalue weighted by Crippen LogP contribution is -2.08. The van der Waals surface area contributed by atoms with E-state index >= 15 is 0 Å².